The largest absolute Gasteiger partial charge is 0.506 e. The van der Waals surface area contributed by atoms with Gasteiger partial charge in [0, 0.05) is 23.3 Å². The molecule has 0 spiro atoms. The molecule has 2 N–H and O–H groups in total. The summed E-state index contributed by atoms with van der Waals surface area (Å²) < 4.78 is 14.7. The molecule has 0 amide bonds. The van der Waals surface area contributed by atoms with E-state index in [4.69, 9.17) is 0 Å². The lowest BCUT2D eigenvalue weighted by atomic mass is 9.90. The number of likely N-dealkylation sites (N-methyl/N-ethyl adjacent to an activating group) is 1. The highest BCUT2D eigenvalue weighted by molar-refractivity contribution is 7.79. The predicted molar refractivity (Wildman–Crippen MR) is 124 cm³/mol. The second-order valence-corrected chi connectivity index (χ2v) is 11.0. The Hall–Kier alpha value is -2.55. The van der Waals surface area contributed by atoms with E-state index < -0.39 is 13.2 Å². The van der Waals surface area contributed by atoms with Gasteiger partial charge in [-0.05, 0) is 25.0 Å². The summed E-state index contributed by atoms with van der Waals surface area (Å²) in [4.78, 5) is 1.94. The van der Waals surface area contributed by atoms with E-state index in [2.05, 4.69) is 0 Å². The van der Waals surface area contributed by atoms with Gasteiger partial charge >= 0.3 is 0 Å². The van der Waals surface area contributed by atoms with Crippen molar-refractivity contribution in [1.82, 2.24) is 0 Å². The number of phenols is 1. The van der Waals surface area contributed by atoms with E-state index in [-0.39, 0.29) is 17.5 Å². The summed E-state index contributed by atoms with van der Waals surface area (Å²) >= 11 is 0. The van der Waals surface area contributed by atoms with Crippen molar-refractivity contribution in [2.75, 3.05) is 11.9 Å². The third-order valence-electron chi connectivity index (χ3n) is 6.29. The van der Waals surface area contributed by atoms with Crippen LogP contribution in [0.3, 0.4) is 0 Å². The summed E-state index contributed by atoms with van der Waals surface area (Å²) in [6, 6.07) is 26.1. The number of aromatic hydroxyl groups is 1. The van der Waals surface area contributed by atoms with Gasteiger partial charge in [-0.15, -0.1) is 0 Å². The fraction of sp³-hybridized carbons (Fsp3) is 0.280. The van der Waals surface area contributed by atoms with Crippen LogP contribution in [0, 0.1) is 0 Å². The van der Waals surface area contributed by atoms with Gasteiger partial charge in [0.15, 0.2) is 0 Å². The molecule has 0 aliphatic heterocycles. The Balaban J connectivity index is 1.75. The summed E-state index contributed by atoms with van der Waals surface area (Å²) in [7, 11) is -1.19. The summed E-state index contributed by atoms with van der Waals surface area (Å²) in [6.07, 6.45) is 1.57. The molecule has 3 atom stereocenters. The Morgan fingerprint density at radius 2 is 1.37 bits per heavy atom. The smallest absolute Gasteiger partial charge is 0.148 e. The molecule has 4 rings (SSSR count). The molecule has 5 heteroatoms. The van der Waals surface area contributed by atoms with Gasteiger partial charge < -0.3 is 19.7 Å². The zero-order valence-corrected chi connectivity index (χ0v) is 18.0. The molecule has 1 aliphatic carbocycles. The Labute approximate surface area is 178 Å². The van der Waals surface area contributed by atoms with Crippen molar-refractivity contribution < 1.29 is 14.8 Å². The molecule has 0 aromatic heterocycles. The average Bonchev–Trinajstić information content (AvgIpc) is 2.80. The Morgan fingerprint density at radius 3 is 1.93 bits per heavy atom. The van der Waals surface area contributed by atoms with E-state index in [0.717, 1.165) is 23.5 Å². The van der Waals surface area contributed by atoms with Crippen LogP contribution in [0.25, 0.3) is 0 Å². The van der Waals surface area contributed by atoms with Crippen molar-refractivity contribution in [3.05, 3.63) is 84.9 Å². The van der Waals surface area contributed by atoms with Gasteiger partial charge in [-0.1, -0.05) is 79.2 Å². The van der Waals surface area contributed by atoms with Crippen molar-refractivity contribution in [2.24, 2.45) is 0 Å². The Bertz CT molecular complexity index is 981. The predicted octanol–water partition coefficient (Wildman–Crippen LogP) is 4.12. The molecule has 0 saturated heterocycles. The molecular weight excluding hydrogens is 393 g/mol. The van der Waals surface area contributed by atoms with Gasteiger partial charge in [0.2, 0.25) is 0 Å². The highest BCUT2D eigenvalue weighted by atomic mass is 31.2. The highest BCUT2D eigenvalue weighted by Crippen LogP contribution is 2.54. The van der Waals surface area contributed by atoms with Crippen LogP contribution in [0.2, 0.25) is 0 Å². The molecule has 0 heterocycles. The number of aliphatic hydroxyl groups excluding tert-OH is 1. The van der Waals surface area contributed by atoms with E-state index in [1.807, 2.05) is 84.7 Å². The number of aliphatic hydroxyl groups is 1. The minimum absolute atomic E-state index is 0.184. The zero-order chi connectivity index (χ0) is 21.1. The Morgan fingerprint density at radius 1 is 0.833 bits per heavy atom. The van der Waals surface area contributed by atoms with Crippen LogP contribution < -0.4 is 15.5 Å². The van der Waals surface area contributed by atoms with E-state index in [1.54, 1.807) is 12.1 Å². The summed E-state index contributed by atoms with van der Waals surface area (Å²) in [5.41, 5.74) is 0.297. The van der Waals surface area contributed by atoms with Crippen molar-refractivity contribution in [1.29, 1.82) is 0 Å². The number of rotatable bonds is 5. The second kappa shape index (κ2) is 8.67. The number of nitrogens with zero attached hydrogens (tertiary/aromatic N) is 1. The molecule has 156 valence electrons. The number of anilines is 1. The monoisotopic (exact) mass is 421 g/mol. The minimum atomic E-state index is -3.08. The van der Waals surface area contributed by atoms with E-state index >= 15 is 0 Å². The van der Waals surface area contributed by atoms with E-state index in [9.17, 15) is 14.8 Å². The molecule has 1 fully saturated rings. The number of hydrogen-bond donors (Lipinski definition) is 2. The van der Waals surface area contributed by atoms with Gasteiger partial charge in [-0.3, -0.25) is 0 Å². The standard InChI is InChI=1S/C25H28NO3P/c1-26(21-15-8-9-17-23(21)27)22-16-10-18-24(25(22)28)30(29,19-11-4-2-5-12-19)20-13-6-3-7-14-20/h2-9,11-15,17,22,24-25,27-28H,10,16,18H2,1H3/t22-,24+,25+/m0/s1. The first-order chi connectivity index (χ1) is 14.5. The molecule has 3 aromatic carbocycles. The first-order valence-electron chi connectivity index (χ1n) is 10.4. The Kier molecular flexibility index (Phi) is 5.99. The van der Waals surface area contributed by atoms with Crippen LogP contribution in [0.1, 0.15) is 19.3 Å². The van der Waals surface area contributed by atoms with Crippen molar-refractivity contribution in [2.45, 2.75) is 37.1 Å². The van der Waals surface area contributed by atoms with Gasteiger partial charge in [0.1, 0.15) is 12.9 Å². The molecular formula is C25H28NO3P. The van der Waals surface area contributed by atoms with Gasteiger partial charge in [0.05, 0.1) is 17.8 Å². The SMILES string of the molecule is CN(c1ccccc1O)[C@H]1CCC[C@@H](P(=O)(c2ccccc2)c2ccccc2)[C@@H]1O. The lowest BCUT2D eigenvalue weighted by Crippen LogP contribution is -2.51. The van der Waals surface area contributed by atoms with E-state index in [0.29, 0.717) is 12.1 Å². The first kappa shape index (κ1) is 20.7. The van der Waals surface area contributed by atoms with Crippen molar-refractivity contribution >= 4 is 23.4 Å². The van der Waals surface area contributed by atoms with Crippen molar-refractivity contribution in [3.8, 4) is 5.75 Å². The molecule has 0 bridgehead atoms. The molecule has 0 radical (unpaired) electrons. The minimum Gasteiger partial charge on any atom is -0.506 e. The lowest BCUT2D eigenvalue weighted by molar-refractivity contribution is 0.109. The zero-order valence-electron chi connectivity index (χ0n) is 17.1. The molecule has 1 aliphatic rings. The quantitative estimate of drug-likeness (QED) is 0.609. The normalized spacial score (nSPS) is 21.9. The van der Waals surface area contributed by atoms with Gasteiger partial charge in [0.25, 0.3) is 0 Å². The molecule has 30 heavy (non-hydrogen) atoms. The number of benzene rings is 3. The molecule has 3 aromatic rings. The van der Waals surface area contributed by atoms with E-state index in [1.165, 1.54) is 0 Å². The molecule has 4 nitrogen and oxygen atoms in total. The summed E-state index contributed by atoms with van der Waals surface area (Å²) in [6.45, 7) is 0. The van der Waals surface area contributed by atoms with Crippen LogP contribution in [-0.2, 0) is 4.57 Å². The van der Waals surface area contributed by atoms with Crippen molar-refractivity contribution in [3.63, 3.8) is 0 Å². The maximum Gasteiger partial charge on any atom is 0.148 e. The third kappa shape index (κ3) is 3.66. The van der Waals surface area contributed by atoms with Gasteiger partial charge in [-0.2, -0.15) is 0 Å². The van der Waals surface area contributed by atoms with Crippen LogP contribution in [-0.4, -0.2) is 35.1 Å². The number of hydrogen-bond acceptors (Lipinski definition) is 4. The maximum absolute atomic E-state index is 14.7. The fourth-order valence-electron chi connectivity index (χ4n) is 4.73. The van der Waals surface area contributed by atoms with Crippen LogP contribution >= 0.6 is 7.14 Å². The highest BCUT2D eigenvalue weighted by Gasteiger charge is 2.46. The molecule has 1 saturated carbocycles. The summed E-state index contributed by atoms with van der Waals surface area (Å²) in [5.74, 6) is 0.184. The lowest BCUT2D eigenvalue weighted by Gasteiger charge is -2.43. The maximum atomic E-state index is 14.7. The number of para-hydroxylation sites is 2. The third-order valence-corrected chi connectivity index (χ3v) is 9.92. The topological polar surface area (TPSA) is 60.8 Å². The van der Waals surface area contributed by atoms with Gasteiger partial charge in [-0.25, -0.2) is 0 Å². The number of phenolic OH excluding ortho intramolecular Hbond substituents is 1. The average molecular weight is 421 g/mol. The first-order valence-corrected chi connectivity index (χ1v) is 12.2. The fourth-order valence-corrected chi connectivity index (χ4v) is 8.19. The van der Waals surface area contributed by atoms with Crippen LogP contribution in [0.15, 0.2) is 84.9 Å². The summed E-state index contributed by atoms with van der Waals surface area (Å²) in [5, 5.41) is 23.4. The van der Waals surface area contributed by atoms with Crippen LogP contribution in [0.5, 0.6) is 5.75 Å². The van der Waals surface area contributed by atoms with Crippen LogP contribution in [0.4, 0.5) is 5.69 Å². The second-order valence-electron chi connectivity index (χ2n) is 7.98. The molecule has 0 unspecified atom stereocenters.